The third-order valence-corrected chi connectivity index (χ3v) is 3.38. The van der Waals surface area contributed by atoms with E-state index >= 15 is 0 Å². The maximum absolute atomic E-state index is 12.8. The van der Waals surface area contributed by atoms with Crippen LogP contribution < -0.4 is 10.1 Å². The minimum absolute atomic E-state index is 0.114. The molecular formula is C13H12F3N3OS. The predicted molar refractivity (Wildman–Crippen MR) is 73.7 cm³/mol. The molecule has 1 aromatic heterocycles. The van der Waals surface area contributed by atoms with Gasteiger partial charge in [-0.05, 0) is 18.2 Å². The number of halogens is 3. The van der Waals surface area contributed by atoms with Crippen molar-refractivity contribution in [2.75, 3.05) is 19.5 Å². The molecule has 0 unspecified atom stereocenters. The third kappa shape index (κ3) is 4.01. The number of anilines is 1. The topological polar surface area (TPSA) is 47.0 Å². The molecule has 1 N–H and O–H groups in total. The molecule has 0 aliphatic rings. The quantitative estimate of drug-likeness (QED) is 0.872. The molecule has 0 bridgehead atoms. The van der Waals surface area contributed by atoms with Crippen LogP contribution in [0.25, 0.3) is 0 Å². The lowest BCUT2D eigenvalue weighted by atomic mass is 10.3. The van der Waals surface area contributed by atoms with Crippen LogP contribution in [-0.2, 0) is 6.18 Å². The number of nitrogens with zero attached hydrogens (tertiary/aromatic N) is 2. The van der Waals surface area contributed by atoms with E-state index < -0.39 is 12.0 Å². The van der Waals surface area contributed by atoms with Crippen molar-refractivity contribution in [3.05, 3.63) is 36.2 Å². The summed E-state index contributed by atoms with van der Waals surface area (Å²) in [5.41, 5.74) is 0. The Labute approximate surface area is 123 Å². The van der Waals surface area contributed by atoms with E-state index in [1.165, 1.54) is 20.2 Å². The van der Waals surface area contributed by atoms with E-state index in [0.29, 0.717) is 5.75 Å². The van der Waals surface area contributed by atoms with Crippen molar-refractivity contribution in [2.24, 2.45) is 0 Å². The number of methoxy groups -OCH3 is 1. The fourth-order valence-electron chi connectivity index (χ4n) is 1.52. The number of ether oxygens (including phenoxy) is 1. The first-order chi connectivity index (χ1) is 9.92. The monoisotopic (exact) mass is 315 g/mol. The zero-order chi connectivity index (χ0) is 15.5. The van der Waals surface area contributed by atoms with Gasteiger partial charge in [-0.3, -0.25) is 0 Å². The van der Waals surface area contributed by atoms with E-state index in [1.54, 1.807) is 24.3 Å². The van der Waals surface area contributed by atoms with E-state index in [9.17, 15) is 13.2 Å². The Morgan fingerprint density at radius 2 is 1.95 bits per heavy atom. The highest BCUT2D eigenvalue weighted by molar-refractivity contribution is 7.99. The number of nitrogens with one attached hydrogen (secondary N) is 1. The Morgan fingerprint density at radius 1 is 1.19 bits per heavy atom. The fraction of sp³-hybridized carbons (Fsp3) is 0.231. The fourth-order valence-corrected chi connectivity index (χ4v) is 2.38. The first kappa shape index (κ1) is 15.4. The molecule has 2 aromatic rings. The van der Waals surface area contributed by atoms with Gasteiger partial charge in [0.15, 0.2) is 0 Å². The van der Waals surface area contributed by atoms with Crippen molar-refractivity contribution in [3.63, 3.8) is 0 Å². The van der Waals surface area contributed by atoms with Crippen LogP contribution in [0.2, 0.25) is 0 Å². The molecule has 0 aliphatic heterocycles. The summed E-state index contributed by atoms with van der Waals surface area (Å²) in [6, 6.07) is 8.45. The van der Waals surface area contributed by atoms with Gasteiger partial charge < -0.3 is 10.1 Å². The third-order valence-electron chi connectivity index (χ3n) is 2.48. The predicted octanol–water partition coefficient (Wildman–Crippen LogP) is 3.70. The van der Waals surface area contributed by atoms with Crippen molar-refractivity contribution in [3.8, 4) is 5.75 Å². The summed E-state index contributed by atoms with van der Waals surface area (Å²) < 4.78 is 43.4. The molecule has 0 atom stereocenters. The van der Waals surface area contributed by atoms with Crippen molar-refractivity contribution >= 4 is 17.6 Å². The van der Waals surface area contributed by atoms with Crippen LogP contribution in [0, 0.1) is 0 Å². The van der Waals surface area contributed by atoms with Gasteiger partial charge in [-0.1, -0.05) is 17.8 Å². The molecule has 112 valence electrons. The summed E-state index contributed by atoms with van der Waals surface area (Å²) in [4.78, 5) is 7.69. The van der Waals surface area contributed by atoms with Crippen molar-refractivity contribution in [1.29, 1.82) is 0 Å². The second kappa shape index (κ2) is 6.21. The molecule has 1 heterocycles. The Morgan fingerprint density at radius 3 is 2.57 bits per heavy atom. The minimum Gasteiger partial charge on any atom is -0.497 e. The minimum atomic E-state index is -4.59. The van der Waals surface area contributed by atoms with Gasteiger partial charge in [0.25, 0.3) is 0 Å². The van der Waals surface area contributed by atoms with Gasteiger partial charge >= 0.3 is 6.18 Å². The van der Waals surface area contributed by atoms with E-state index in [4.69, 9.17) is 4.74 Å². The first-order valence-corrected chi connectivity index (χ1v) is 6.70. The standard InChI is InChI=1S/C13H12F3N3OS/c1-17-10-7-11(19-12(18-10)13(14,15)16)21-9-5-3-4-8(6-9)20-2/h3-7H,1-2H3,(H,17,18,19). The van der Waals surface area contributed by atoms with Crippen molar-refractivity contribution < 1.29 is 17.9 Å². The summed E-state index contributed by atoms with van der Waals surface area (Å²) in [6.07, 6.45) is -4.59. The molecule has 8 heteroatoms. The zero-order valence-electron chi connectivity index (χ0n) is 11.2. The SMILES string of the molecule is CNc1cc(Sc2cccc(OC)c2)nc(C(F)(F)F)n1. The largest absolute Gasteiger partial charge is 0.497 e. The molecule has 0 fully saturated rings. The molecule has 0 saturated heterocycles. The Bertz CT molecular complexity index is 634. The van der Waals surface area contributed by atoms with Crippen molar-refractivity contribution in [1.82, 2.24) is 9.97 Å². The average Bonchev–Trinajstić information content (AvgIpc) is 2.46. The van der Waals surface area contributed by atoms with Gasteiger partial charge in [-0.25, -0.2) is 9.97 Å². The number of benzene rings is 1. The van der Waals surface area contributed by atoms with Crippen LogP contribution in [-0.4, -0.2) is 24.1 Å². The number of aromatic nitrogens is 2. The van der Waals surface area contributed by atoms with Crippen molar-refractivity contribution in [2.45, 2.75) is 16.1 Å². The first-order valence-electron chi connectivity index (χ1n) is 5.88. The molecule has 0 amide bonds. The normalized spacial score (nSPS) is 11.3. The van der Waals surface area contributed by atoms with Gasteiger partial charge in [-0.15, -0.1) is 0 Å². The second-order valence-corrected chi connectivity index (χ2v) is 5.04. The van der Waals surface area contributed by atoms with Crippen LogP contribution in [0.15, 0.2) is 40.3 Å². The number of rotatable bonds is 4. The summed E-state index contributed by atoms with van der Waals surface area (Å²) in [5.74, 6) is -0.429. The molecule has 2 rings (SSSR count). The maximum Gasteiger partial charge on any atom is 0.451 e. The van der Waals surface area contributed by atoms with E-state index in [2.05, 4.69) is 15.3 Å². The van der Waals surface area contributed by atoms with Crippen LogP contribution in [0.1, 0.15) is 5.82 Å². The Kier molecular flexibility index (Phi) is 4.56. The van der Waals surface area contributed by atoms with Gasteiger partial charge in [0.2, 0.25) is 5.82 Å². The summed E-state index contributed by atoms with van der Waals surface area (Å²) in [7, 11) is 3.03. The zero-order valence-corrected chi connectivity index (χ0v) is 12.0. The smallest absolute Gasteiger partial charge is 0.451 e. The van der Waals surface area contributed by atoms with Gasteiger partial charge in [-0.2, -0.15) is 13.2 Å². The van der Waals surface area contributed by atoms with E-state index in [-0.39, 0.29) is 10.8 Å². The van der Waals surface area contributed by atoms with Crippen LogP contribution in [0.5, 0.6) is 5.75 Å². The lowest BCUT2D eigenvalue weighted by Gasteiger charge is -2.10. The maximum atomic E-state index is 12.8. The van der Waals surface area contributed by atoms with Crippen LogP contribution >= 0.6 is 11.8 Å². The number of hydrogen-bond donors (Lipinski definition) is 1. The van der Waals surface area contributed by atoms with E-state index in [0.717, 1.165) is 16.7 Å². The van der Waals surface area contributed by atoms with Gasteiger partial charge in [0.05, 0.1) is 7.11 Å². The molecule has 0 aliphatic carbocycles. The lowest BCUT2D eigenvalue weighted by molar-refractivity contribution is -0.145. The molecule has 21 heavy (non-hydrogen) atoms. The summed E-state index contributed by atoms with van der Waals surface area (Å²) in [6.45, 7) is 0. The molecule has 0 radical (unpaired) electrons. The summed E-state index contributed by atoms with van der Waals surface area (Å²) in [5, 5.41) is 2.80. The molecule has 0 spiro atoms. The highest BCUT2D eigenvalue weighted by Gasteiger charge is 2.35. The van der Waals surface area contributed by atoms with Gasteiger partial charge in [0, 0.05) is 18.0 Å². The Balaban J connectivity index is 2.34. The number of alkyl halides is 3. The second-order valence-electron chi connectivity index (χ2n) is 3.94. The van der Waals surface area contributed by atoms with E-state index in [1.807, 2.05) is 0 Å². The highest BCUT2D eigenvalue weighted by atomic mass is 32.2. The lowest BCUT2D eigenvalue weighted by Crippen LogP contribution is -2.12. The molecule has 4 nitrogen and oxygen atoms in total. The van der Waals surface area contributed by atoms with Crippen LogP contribution in [0.3, 0.4) is 0 Å². The molecule has 0 saturated carbocycles. The van der Waals surface area contributed by atoms with Crippen LogP contribution in [0.4, 0.5) is 19.0 Å². The Hall–Kier alpha value is -1.96. The molecule has 1 aromatic carbocycles. The molecular weight excluding hydrogens is 303 g/mol. The average molecular weight is 315 g/mol. The summed E-state index contributed by atoms with van der Waals surface area (Å²) >= 11 is 1.11. The highest BCUT2D eigenvalue weighted by Crippen LogP contribution is 2.33. The number of hydrogen-bond acceptors (Lipinski definition) is 5. The van der Waals surface area contributed by atoms with Gasteiger partial charge in [0.1, 0.15) is 16.6 Å².